The molecular weight excluding hydrogens is 197 g/mol. The maximum atomic E-state index is 12.9. The summed E-state index contributed by atoms with van der Waals surface area (Å²) in [4.78, 5) is 13.3. The first-order chi connectivity index (χ1) is 6.60. The van der Waals surface area contributed by atoms with Crippen LogP contribution < -0.4 is 5.73 Å². The summed E-state index contributed by atoms with van der Waals surface area (Å²) in [7, 11) is 0. The second kappa shape index (κ2) is 4.19. The number of alkyl halides is 2. The molecule has 0 aliphatic carbocycles. The van der Waals surface area contributed by atoms with E-state index in [4.69, 9.17) is 5.73 Å². The molecule has 0 fully saturated rings. The van der Waals surface area contributed by atoms with Crippen molar-refractivity contribution in [2.24, 2.45) is 5.73 Å². The minimum atomic E-state index is -2.88. The molecule has 3 nitrogen and oxygen atoms in total. The molecule has 0 saturated heterocycles. The number of carbonyl (C=O) groups is 1. The van der Waals surface area contributed by atoms with Crippen LogP contribution in [0.15, 0.2) is 6.07 Å². The monoisotopic (exact) mass is 204 g/mol. The van der Waals surface area contributed by atoms with E-state index in [2.05, 4.69) is 4.98 Å². The van der Waals surface area contributed by atoms with Gasteiger partial charge in [-0.2, -0.15) is 4.39 Å². The van der Waals surface area contributed by atoms with Gasteiger partial charge in [0.2, 0.25) is 5.95 Å². The normalized spacial score (nSPS) is 10.6. The second-order valence-corrected chi connectivity index (χ2v) is 2.53. The van der Waals surface area contributed by atoms with Crippen molar-refractivity contribution in [2.45, 2.75) is 13.0 Å². The highest BCUT2D eigenvalue weighted by Crippen LogP contribution is 2.20. The summed E-state index contributed by atoms with van der Waals surface area (Å²) in [6, 6.07) is 0.928. The number of hydrogen-bond acceptors (Lipinski definition) is 3. The lowest BCUT2D eigenvalue weighted by Gasteiger charge is -2.05. The summed E-state index contributed by atoms with van der Waals surface area (Å²) < 4.78 is 37.2. The minimum Gasteiger partial charge on any atom is -0.326 e. The first-order valence-electron chi connectivity index (χ1n) is 3.72. The van der Waals surface area contributed by atoms with Crippen molar-refractivity contribution in [3.05, 3.63) is 28.8 Å². The molecule has 1 heterocycles. The average molecular weight is 204 g/mol. The summed E-state index contributed by atoms with van der Waals surface area (Å²) >= 11 is 0. The fourth-order valence-electron chi connectivity index (χ4n) is 1.000. The predicted octanol–water partition coefficient (Wildman–Crippen LogP) is 1.43. The van der Waals surface area contributed by atoms with Crippen LogP contribution in [0.2, 0.25) is 0 Å². The third kappa shape index (κ3) is 1.90. The molecule has 76 valence electrons. The van der Waals surface area contributed by atoms with Crippen LogP contribution in [0.25, 0.3) is 0 Å². The number of halogens is 3. The molecule has 2 N–H and O–H groups in total. The zero-order valence-electron chi connectivity index (χ0n) is 7.01. The van der Waals surface area contributed by atoms with Gasteiger partial charge in [0.25, 0.3) is 6.43 Å². The second-order valence-electron chi connectivity index (χ2n) is 2.53. The van der Waals surface area contributed by atoms with Crippen LogP contribution in [0.4, 0.5) is 13.2 Å². The third-order valence-corrected chi connectivity index (χ3v) is 1.68. The lowest BCUT2D eigenvalue weighted by molar-refractivity contribution is 0.111. The summed E-state index contributed by atoms with van der Waals surface area (Å²) in [5.74, 6) is -1.21. The van der Waals surface area contributed by atoms with Crippen molar-refractivity contribution >= 4 is 6.29 Å². The zero-order chi connectivity index (χ0) is 10.7. The van der Waals surface area contributed by atoms with E-state index in [1.54, 1.807) is 0 Å². The van der Waals surface area contributed by atoms with Crippen LogP contribution in [-0.4, -0.2) is 11.3 Å². The summed E-state index contributed by atoms with van der Waals surface area (Å²) in [5.41, 5.74) is 4.12. The van der Waals surface area contributed by atoms with Gasteiger partial charge in [0, 0.05) is 6.54 Å². The van der Waals surface area contributed by atoms with Crippen LogP contribution >= 0.6 is 0 Å². The Morgan fingerprint density at radius 2 is 2.21 bits per heavy atom. The maximum Gasteiger partial charge on any atom is 0.280 e. The molecule has 6 heteroatoms. The summed E-state index contributed by atoms with van der Waals surface area (Å²) in [5, 5.41) is 0. The molecule has 1 aromatic rings. The van der Waals surface area contributed by atoms with E-state index >= 15 is 0 Å². The largest absolute Gasteiger partial charge is 0.326 e. The molecule has 14 heavy (non-hydrogen) atoms. The molecule has 0 aromatic carbocycles. The molecule has 0 aliphatic heterocycles. The Hall–Kier alpha value is -1.43. The van der Waals surface area contributed by atoms with Crippen LogP contribution in [0.1, 0.15) is 28.0 Å². The third-order valence-electron chi connectivity index (χ3n) is 1.68. The molecule has 1 aromatic heterocycles. The number of aromatic nitrogens is 1. The molecule has 0 radical (unpaired) electrons. The van der Waals surface area contributed by atoms with E-state index < -0.39 is 18.1 Å². The number of nitrogens with zero attached hydrogens (tertiary/aromatic N) is 1. The Balaban J connectivity index is 3.31. The van der Waals surface area contributed by atoms with Crippen LogP contribution in [0.5, 0.6) is 0 Å². The van der Waals surface area contributed by atoms with Gasteiger partial charge < -0.3 is 5.73 Å². The maximum absolute atomic E-state index is 12.9. The van der Waals surface area contributed by atoms with E-state index in [1.165, 1.54) is 0 Å². The zero-order valence-corrected chi connectivity index (χ0v) is 7.01. The lowest BCUT2D eigenvalue weighted by atomic mass is 10.1. The number of hydrogen-bond donors (Lipinski definition) is 1. The van der Waals surface area contributed by atoms with Crippen molar-refractivity contribution in [1.82, 2.24) is 4.98 Å². The molecule has 0 amide bonds. The van der Waals surface area contributed by atoms with E-state index in [0.29, 0.717) is 0 Å². The minimum absolute atomic E-state index is 0.0304. The number of pyridine rings is 1. The number of aldehydes is 1. The summed E-state index contributed by atoms with van der Waals surface area (Å²) in [6.45, 7) is -0.187. The Labute approximate surface area is 77.7 Å². The Kier molecular flexibility index (Phi) is 3.19. The van der Waals surface area contributed by atoms with E-state index in [1.807, 2.05) is 0 Å². The van der Waals surface area contributed by atoms with Gasteiger partial charge in [-0.15, -0.1) is 0 Å². The van der Waals surface area contributed by atoms with Gasteiger partial charge in [-0.05, 0) is 11.6 Å². The molecule has 0 saturated carbocycles. The van der Waals surface area contributed by atoms with Gasteiger partial charge in [0.15, 0.2) is 6.29 Å². The van der Waals surface area contributed by atoms with Gasteiger partial charge in [-0.3, -0.25) is 4.79 Å². The number of nitrogens with two attached hydrogens (primary N) is 1. The molecule has 0 atom stereocenters. The van der Waals surface area contributed by atoms with Crippen molar-refractivity contribution in [1.29, 1.82) is 0 Å². The highest BCUT2D eigenvalue weighted by atomic mass is 19.3. The summed E-state index contributed by atoms with van der Waals surface area (Å²) in [6.07, 6.45) is -2.67. The molecule has 0 aliphatic rings. The van der Waals surface area contributed by atoms with Gasteiger partial charge in [0.1, 0.15) is 5.69 Å². The average Bonchev–Trinajstić information content (AvgIpc) is 2.16. The molecule has 0 unspecified atom stereocenters. The quantitative estimate of drug-likeness (QED) is 0.598. The van der Waals surface area contributed by atoms with E-state index in [0.717, 1.165) is 6.07 Å². The Morgan fingerprint density at radius 1 is 1.57 bits per heavy atom. The highest BCUT2D eigenvalue weighted by Gasteiger charge is 2.16. The predicted molar refractivity (Wildman–Crippen MR) is 42.4 cm³/mol. The molecule has 0 bridgehead atoms. The van der Waals surface area contributed by atoms with Gasteiger partial charge in [0.05, 0.1) is 5.56 Å². The Bertz CT molecular complexity index is 355. The van der Waals surface area contributed by atoms with Crippen molar-refractivity contribution < 1.29 is 18.0 Å². The van der Waals surface area contributed by atoms with Gasteiger partial charge >= 0.3 is 0 Å². The SMILES string of the molecule is NCc1cc(C(F)F)nc(F)c1C=O. The first-order valence-corrected chi connectivity index (χ1v) is 3.72. The molecule has 1 rings (SSSR count). The smallest absolute Gasteiger partial charge is 0.280 e. The van der Waals surface area contributed by atoms with Gasteiger partial charge in [-0.1, -0.05) is 0 Å². The topological polar surface area (TPSA) is 56.0 Å². The van der Waals surface area contributed by atoms with Crippen molar-refractivity contribution in [3.8, 4) is 0 Å². The standard InChI is InChI=1S/C8H7F3N2O/c9-7(10)6-1-4(2-12)5(3-14)8(11)13-6/h1,3,7H,2,12H2. The Morgan fingerprint density at radius 3 is 2.64 bits per heavy atom. The van der Waals surface area contributed by atoms with Crippen LogP contribution in [0.3, 0.4) is 0 Å². The van der Waals surface area contributed by atoms with Crippen molar-refractivity contribution in [3.63, 3.8) is 0 Å². The lowest BCUT2D eigenvalue weighted by Crippen LogP contribution is -2.08. The fourth-order valence-corrected chi connectivity index (χ4v) is 1.000. The molecule has 0 spiro atoms. The van der Waals surface area contributed by atoms with Crippen molar-refractivity contribution in [2.75, 3.05) is 0 Å². The highest BCUT2D eigenvalue weighted by molar-refractivity contribution is 5.77. The molecular formula is C8H7F3N2O. The number of carbonyl (C=O) groups excluding carboxylic acids is 1. The fraction of sp³-hybridized carbons (Fsp3) is 0.250. The van der Waals surface area contributed by atoms with Crippen LogP contribution in [-0.2, 0) is 6.54 Å². The van der Waals surface area contributed by atoms with Gasteiger partial charge in [-0.25, -0.2) is 13.8 Å². The van der Waals surface area contributed by atoms with Crippen LogP contribution in [0, 0.1) is 5.95 Å². The number of rotatable bonds is 3. The van der Waals surface area contributed by atoms with E-state index in [9.17, 15) is 18.0 Å². The first kappa shape index (κ1) is 10.6. The van der Waals surface area contributed by atoms with E-state index in [-0.39, 0.29) is 24.0 Å².